The van der Waals surface area contributed by atoms with Gasteiger partial charge >= 0.3 is 0 Å². The molecule has 0 radical (unpaired) electrons. The average Bonchev–Trinajstić information content (AvgIpc) is 2.66. The van der Waals surface area contributed by atoms with E-state index in [0.717, 1.165) is 5.56 Å². The van der Waals surface area contributed by atoms with E-state index in [0.29, 0.717) is 64.7 Å². The van der Waals surface area contributed by atoms with Crippen LogP contribution >= 0.6 is 0 Å². The van der Waals surface area contributed by atoms with Crippen LogP contribution in [0.25, 0.3) is 0 Å². The number of hydrogen-bond donors (Lipinski definition) is 2. The van der Waals surface area contributed by atoms with Gasteiger partial charge in [0.2, 0.25) is 12.2 Å². The van der Waals surface area contributed by atoms with Crippen molar-refractivity contribution >= 4 is 18.0 Å². The maximum absolute atomic E-state index is 11.1. The van der Waals surface area contributed by atoms with E-state index in [1.807, 2.05) is 19.1 Å². The molecule has 0 fully saturated rings. The van der Waals surface area contributed by atoms with Crippen molar-refractivity contribution in [2.75, 3.05) is 52.7 Å². The molecular formula is C19H30N2O6. The Balaban J connectivity index is 0.000000511. The molecule has 1 aromatic rings. The van der Waals surface area contributed by atoms with E-state index in [2.05, 4.69) is 5.32 Å². The highest BCUT2D eigenvalue weighted by molar-refractivity contribution is 6.42. The van der Waals surface area contributed by atoms with E-state index >= 15 is 0 Å². The standard InChI is InChI=1S/C10H10O2.C9H20N2O4/c1-7-3-5-9(6-4-7)10(12)8(2)11;10-1-3-13-5-7-15-8-6-14-4-2-11-9-12/h3-6H,1-2H3;9H,1-8,10H2,(H,11,12). The number of carbonyl (C=O) groups is 3. The summed E-state index contributed by atoms with van der Waals surface area (Å²) >= 11 is 0. The van der Waals surface area contributed by atoms with Gasteiger partial charge < -0.3 is 25.3 Å². The zero-order chi connectivity index (χ0) is 20.3. The van der Waals surface area contributed by atoms with Gasteiger partial charge in [-0.3, -0.25) is 14.4 Å². The number of nitrogens with two attached hydrogens (primary N) is 1. The van der Waals surface area contributed by atoms with Gasteiger partial charge in [-0.1, -0.05) is 29.8 Å². The fourth-order valence-corrected chi connectivity index (χ4v) is 1.72. The average molecular weight is 382 g/mol. The number of carbonyl (C=O) groups excluding carboxylic acids is 3. The molecule has 0 unspecified atom stereocenters. The second kappa shape index (κ2) is 17.3. The number of rotatable bonds is 14. The lowest BCUT2D eigenvalue weighted by Gasteiger charge is -2.05. The summed E-state index contributed by atoms with van der Waals surface area (Å²) in [7, 11) is 0. The lowest BCUT2D eigenvalue weighted by atomic mass is 10.1. The predicted octanol–water partition coefficient (Wildman–Crippen LogP) is 0.508. The summed E-state index contributed by atoms with van der Waals surface area (Å²) in [5.41, 5.74) is 6.78. The lowest BCUT2D eigenvalue weighted by molar-refractivity contribution is -0.113. The van der Waals surface area contributed by atoms with Crippen molar-refractivity contribution in [3.63, 3.8) is 0 Å². The molecule has 152 valence electrons. The molecule has 0 heterocycles. The van der Waals surface area contributed by atoms with Crippen molar-refractivity contribution in [2.24, 2.45) is 5.73 Å². The van der Waals surface area contributed by atoms with E-state index in [4.69, 9.17) is 19.9 Å². The smallest absolute Gasteiger partial charge is 0.228 e. The van der Waals surface area contributed by atoms with Gasteiger partial charge in [-0.25, -0.2) is 0 Å². The quantitative estimate of drug-likeness (QED) is 0.208. The van der Waals surface area contributed by atoms with Crippen LogP contribution in [0.2, 0.25) is 0 Å². The minimum absolute atomic E-state index is 0.418. The Bertz CT molecular complexity index is 534. The van der Waals surface area contributed by atoms with Gasteiger partial charge in [0.25, 0.3) is 0 Å². The van der Waals surface area contributed by atoms with Crippen LogP contribution in [0.5, 0.6) is 0 Å². The first-order valence-corrected chi connectivity index (χ1v) is 8.75. The van der Waals surface area contributed by atoms with Crippen LogP contribution in [0.3, 0.4) is 0 Å². The fourth-order valence-electron chi connectivity index (χ4n) is 1.72. The van der Waals surface area contributed by atoms with Crippen LogP contribution in [0.4, 0.5) is 0 Å². The van der Waals surface area contributed by atoms with Crippen LogP contribution in [0.1, 0.15) is 22.8 Å². The first kappa shape index (κ1) is 24.9. The summed E-state index contributed by atoms with van der Waals surface area (Å²) in [6, 6.07) is 6.96. The zero-order valence-electron chi connectivity index (χ0n) is 16.1. The third-order valence-corrected chi connectivity index (χ3v) is 3.11. The maximum atomic E-state index is 11.1. The van der Waals surface area contributed by atoms with E-state index in [1.165, 1.54) is 6.92 Å². The zero-order valence-corrected chi connectivity index (χ0v) is 16.1. The Morgan fingerprint density at radius 3 is 1.96 bits per heavy atom. The highest BCUT2D eigenvalue weighted by atomic mass is 16.5. The Morgan fingerprint density at radius 1 is 0.963 bits per heavy atom. The van der Waals surface area contributed by atoms with Gasteiger partial charge in [0, 0.05) is 25.6 Å². The molecule has 0 aliphatic heterocycles. The molecule has 0 bridgehead atoms. The minimum atomic E-state index is -0.421. The number of amides is 1. The molecule has 0 saturated carbocycles. The molecule has 0 spiro atoms. The molecule has 0 aromatic heterocycles. The molecule has 0 atom stereocenters. The Labute approximate surface area is 160 Å². The summed E-state index contributed by atoms with van der Waals surface area (Å²) in [6.45, 7) is 7.52. The van der Waals surface area contributed by atoms with E-state index in [1.54, 1.807) is 12.1 Å². The van der Waals surface area contributed by atoms with Gasteiger partial charge in [0.1, 0.15) is 0 Å². The van der Waals surface area contributed by atoms with Crippen LogP contribution in [0.15, 0.2) is 24.3 Å². The van der Waals surface area contributed by atoms with Crippen molar-refractivity contribution in [2.45, 2.75) is 13.8 Å². The second-order valence-electron chi connectivity index (χ2n) is 5.45. The number of nitrogens with one attached hydrogen (secondary N) is 1. The Kier molecular flexibility index (Phi) is 15.9. The molecule has 0 aliphatic carbocycles. The number of hydrogen-bond acceptors (Lipinski definition) is 7. The summed E-state index contributed by atoms with van der Waals surface area (Å²) in [4.78, 5) is 31.6. The molecule has 1 rings (SSSR count). The van der Waals surface area contributed by atoms with Crippen molar-refractivity contribution in [3.05, 3.63) is 35.4 Å². The van der Waals surface area contributed by atoms with Gasteiger partial charge in [0.15, 0.2) is 5.78 Å². The van der Waals surface area contributed by atoms with Crippen LogP contribution < -0.4 is 11.1 Å². The van der Waals surface area contributed by atoms with Crippen molar-refractivity contribution in [3.8, 4) is 0 Å². The topological polar surface area (TPSA) is 117 Å². The molecule has 8 heteroatoms. The van der Waals surface area contributed by atoms with Gasteiger partial charge in [-0.15, -0.1) is 0 Å². The third-order valence-electron chi connectivity index (χ3n) is 3.11. The van der Waals surface area contributed by atoms with Crippen molar-refractivity contribution < 1.29 is 28.6 Å². The maximum Gasteiger partial charge on any atom is 0.228 e. The molecule has 3 N–H and O–H groups in total. The Hall–Kier alpha value is -2.13. The molecule has 1 aromatic carbocycles. The van der Waals surface area contributed by atoms with Gasteiger partial charge in [0.05, 0.1) is 39.6 Å². The minimum Gasteiger partial charge on any atom is -0.378 e. The Morgan fingerprint density at radius 2 is 1.48 bits per heavy atom. The molecule has 27 heavy (non-hydrogen) atoms. The number of benzene rings is 1. The molecular weight excluding hydrogens is 352 g/mol. The first-order valence-electron chi connectivity index (χ1n) is 8.75. The van der Waals surface area contributed by atoms with Crippen molar-refractivity contribution in [1.82, 2.24) is 5.32 Å². The predicted molar refractivity (Wildman–Crippen MR) is 102 cm³/mol. The summed E-state index contributed by atoms with van der Waals surface area (Å²) in [5, 5.41) is 2.50. The fraction of sp³-hybridized carbons (Fsp3) is 0.526. The SMILES string of the molecule is CC(=O)C(=O)c1ccc(C)cc1.NCCOCCOCCOCCNC=O. The van der Waals surface area contributed by atoms with Gasteiger partial charge in [-0.05, 0) is 6.92 Å². The van der Waals surface area contributed by atoms with E-state index in [9.17, 15) is 14.4 Å². The van der Waals surface area contributed by atoms with Crippen LogP contribution in [-0.2, 0) is 23.8 Å². The molecule has 0 saturated heterocycles. The third kappa shape index (κ3) is 14.7. The second-order valence-corrected chi connectivity index (χ2v) is 5.45. The largest absolute Gasteiger partial charge is 0.378 e. The van der Waals surface area contributed by atoms with Crippen LogP contribution in [0, 0.1) is 6.92 Å². The van der Waals surface area contributed by atoms with Gasteiger partial charge in [-0.2, -0.15) is 0 Å². The monoisotopic (exact) mass is 382 g/mol. The lowest BCUT2D eigenvalue weighted by Crippen LogP contribution is -2.19. The number of Topliss-reactive ketones (excluding diaryl/α,β-unsaturated/α-hetero) is 2. The summed E-state index contributed by atoms with van der Waals surface area (Å²) in [5.74, 6) is -0.839. The van der Waals surface area contributed by atoms with E-state index in [-0.39, 0.29) is 0 Å². The first-order chi connectivity index (χ1) is 13.0. The molecule has 1 amide bonds. The molecule has 0 aliphatic rings. The number of aryl methyl sites for hydroxylation is 1. The summed E-state index contributed by atoms with van der Waals surface area (Å²) in [6.07, 6.45) is 0.647. The number of ether oxygens (including phenoxy) is 3. The van der Waals surface area contributed by atoms with E-state index < -0.39 is 11.6 Å². The van der Waals surface area contributed by atoms with Crippen LogP contribution in [-0.4, -0.2) is 70.7 Å². The highest BCUT2D eigenvalue weighted by Crippen LogP contribution is 2.04. The molecule has 8 nitrogen and oxygen atoms in total. The van der Waals surface area contributed by atoms with Crippen molar-refractivity contribution in [1.29, 1.82) is 0 Å². The normalized spacial score (nSPS) is 9.89. The number of ketones is 2. The highest BCUT2D eigenvalue weighted by Gasteiger charge is 2.09. The summed E-state index contributed by atoms with van der Waals surface area (Å²) < 4.78 is 15.5.